The molecule has 0 bridgehead atoms. The third-order valence-corrected chi connectivity index (χ3v) is 5.26. The largest absolute Gasteiger partial charge is 0.497 e. The fraction of sp³-hybridized carbons (Fsp3) is 0.444. The van der Waals surface area contributed by atoms with E-state index in [-0.39, 0.29) is 12.1 Å². The highest BCUT2D eigenvalue weighted by Crippen LogP contribution is 2.41. The number of ether oxygens (including phenoxy) is 1. The van der Waals surface area contributed by atoms with Crippen LogP contribution in [0.1, 0.15) is 35.5 Å². The second-order valence-electron chi connectivity index (χ2n) is 5.96. The predicted molar refractivity (Wildman–Crippen MR) is 95.9 cm³/mol. The summed E-state index contributed by atoms with van der Waals surface area (Å²) >= 11 is 1.68. The maximum absolute atomic E-state index is 12.0. The fourth-order valence-corrected chi connectivity index (χ4v) is 3.50. The van der Waals surface area contributed by atoms with Crippen molar-refractivity contribution in [2.24, 2.45) is 0 Å². The summed E-state index contributed by atoms with van der Waals surface area (Å²) in [6.45, 7) is 2.71. The van der Waals surface area contributed by atoms with Gasteiger partial charge in [0.05, 0.1) is 17.8 Å². The summed E-state index contributed by atoms with van der Waals surface area (Å²) in [6, 6.07) is 8.19. The van der Waals surface area contributed by atoms with E-state index in [0.29, 0.717) is 12.5 Å². The molecule has 1 aliphatic carbocycles. The minimum atomic E-state index is -0.0954. The van der Waals surface area contributed by atoms with Gasteiger partial charge in [0, 0.05) is 30.3 Å². The zero-order valence-electron chi connectivity index (χ0n) is 14.0. The SMILES string of the molecule is CCc1nc(CCNC(=O)N[C@H]2C[C@@H]2c2ccc(OC)cc2)cs1. The molecule has 1 aromatic carbocycles. The Balaban J connectivity index is 1.38. The van der Waals surface area contributed by atoms with Crippen LogP contribution < -0.4 is 15.4 Å². The molecule has 128 valence electrons. The second kappa shape index (κ2) is 7.66. The average molecular weight is 345 g/mol. The van der Waals surface area contributed by atoms with Crippen molar-refractivity contribution >= 4 is 17.4 Å². The fourth-order valence-electron chi connectivity index (χ4n) is 2.72. The Labute approximate surface area is 146 Å². The lowest BCUT2D eigenvalue weighted by atomic mass is 10.1. The molecule has 24 heavy (non-hydrogen) atoms. The van der Waals surface area contributed by atoms with E-state index in [1.54, 1.807) is 18.4 Å². The molecule has 3 rings (SSSR count). The van der Waals surface area contributed by atoms with Crippen LogP contribution in [0.2, 0.25) is 0 Å². The Morgan fingerprint density at radius 1 is 1.38 bits per heavy atom. The minimum absolute atomic E-state index is 0.0954. The molecule has 1 aromatic heterocycles. The number of urea groups is 1. The van der Waals surface area contributed by atoms with Crippen LogP contribution in [-0.4, -0.2) is 30.7 Å². The molecule has 0 radical (unpaired) electrons. The molecule has 1 fully saturated rings. The molecule has 5 nitrogen and oxygen atoms in total. The summed E-state index contributed by atoms with van der Waals surface area (Å²) in [7, 11) is 1.66. The first-order chi connectivity index (χ1) is 11.7. The lowest BCUT2D eigenvalue weighted by molar-refractivity contribution is 0.240. The van der Waals surface area contributed by atoms with Gasteiger partial charge in [0.1, 0.15) is 5.75 Å². The Kier molecular flexibility index (Phi) is 5.35. The summed E-state index contributed by atoms with van der Waals surface area (Å²) < 4.78 is 5.17. The maximum atomic E-state index is 12.0. The number of rotatable bonds is 7. The first-order valence-corrected chi connectivity index (χ1v) is 9.19. The number of thiazole rings is 1. The molecular formula is C18H23N3O2S. The van der Waals surface area contributed by atoms with E-state index in [2.05, 4.69) is 40.1 Å². The number of carbonyl (C=O) groups is 1. The van der Waals surface area contributed by atoms with Gasteiger partial charge >= 0.3 is 6.03 Å². The molecule has 0 unspecified atom stereocenters. The monoisotopic (exact) mass is 345 g/mol. The van der Waals surface area contributed by atoms with Gasteiger partial charge in [-0.2, -0.15) is 0 Å². The molecule has 0 aliphatic heterocycles. The van der Waals surface area contributed by atoms with Crippen LogP contribution in [0.5, 0.6) is 5.75 Å². The third kappa shape index (κ3) is 4.26. The smallest absolute Gasteiger partial charge is 0.315 e. The predicted octanol–water partition coefficient (Wildman–Crippen LogP) is 3.11. The zero-order chi connectivity index (χ0) is 16.9. The molecule has 1 aliphatic rings. The van der Waals surface area contributed by atoms with Gasteiger partial charge in [-0.05, 0) is 30.5 Å². The van der Waals surface area contributed by atoms with E-state index in [0.717, 1.165) is 35.7 Å². The standard InChI is InChI=1S/C18H23N3O2S/c1-3-17-20-13(11-24-17)8-9-19-18(22)21-16-10-15(16)12-4-6-14(23-2)7-5-12/h4-7,11,15-16H,3,8-10H2,1-2H3,(H2,19,21,22)/t15-,16+/m1/s1. The van der Waals surface area contributed by atoms with Crippen molar-refractivity contribution in [3.63, 3.8) is 0 Å². The number of hydrogen-bond acceptors (Lipinski definition) is 4. The molecule has 2 amide bonds. The van der Waals surface area contributed by atoms with Crippen molar-refractivity contribution in [2.75, 3.05) is 13.7 Å². The quantitative estimate of drug-likeness (QED) is 0.810. The van der Waals surface area contributed by atoms with Gasteiger partial charge in [-0.15, -0.1) is 11.3 Å². The molecule has 2 N–H and O–H groups in total. The van der Waals surface area contributed by atoms with E-state index in [4.69, 9.17) is 4.74 Å². The first kappa shape index (κ1) is 16.8. The highest BCUT2D eigenvalue weighted by atomic mass is 32.1. The molecule has 1 heterocycles. The first-order valence-electron chi connectivity index (χ1n) is 8.31. The van der Waals surface area contributed by atoms with Crippen LogP contribution >= 0.6 is 11.3 Å². The zero-order valence-corrected chi connectivity index (χ0v) is 14.9. The minimum Gasteiger partial charge on any atom is -0.497 e. The number of amides is 2. The molecule has 2 aromatic rings. The van der Waals surface area contributed by atoms with Gasteiger partial charge in [-0.1, -0.05) is 19.1 Å². The van der Waals surface area contributed by atoms with Crippen LogP contribution in [0.3, 0.4) is 0 Å². The van der Waals surface area contributed by atoms with Crippen LogP contribution in [0.25, 0.3) is 0 Å². The number of hydrogen-bond donors (Lipinski definition) is 2. The summed E-state index contributed by atoms with van der Waals surface area (Å²) in [5, 5.41) is 9.17. The Bertz CT molecular complexity index is 684. The third-order valence-electron chi connectivity index (χ3n) is 4.22. The number of nitrogens with zero attached hydrogens (tertiary/aromatic N) is 1. The van der Waals surface area contributed by atoms with Crippen LogP contribution in [-0.2, 0) is 12.8 Å². The van der Waals surface area contributed by atoms with E-state index in [1.807, 2.05) is 12.1 Å². The van der Waals surface area contributed by atoms with E-state index in [1.165, 1.54) is 5.56 Å². The summed E-state index contributed by atoms with van der Waals surface area (Å²) in [5.41, 5.74) is 2.30. The van der Waals surface area contributed by atoms with Gasteiger partial charge in [0.15, 0.2) is 0 Å². The normalized spacial score (nSPS) is 18.9. The number of nitrogens with one attached hydrogen (secondary N) is 2. The lowest BCUT2D eigenvalue weighted by Gasteiger charge is -2.07. The Hall–Kier alpha value is -2.08. The Morgan fingerprint density at radius 3 is 2.83 bits per heavy atom. The number of aryl methyl sites for hydroxylation is 1. The van der Waals surface area contributed by atoms with Crippen molar-refractivity contribution < 1.29 is 9.53 Å². The molecule has 2 atom stereocenters. The molecule has 0 spiro atoms. The van der Waals surface area contributed by atoms with Gasteiger partial charge in [0.2, 0.25) is 0 Å². The second-order valence-corrected chi connectivity index (χ2v) is 6.90. The van der Waals surface area contributed by atoms with Gasteiger partial charge in [-0.3, -0.25) is 0 Å². The molecule has 0 saturated heterocycles. The number of carbonyl (C=O) groups excluding carboxylic acids is 1. The van der Waals surface area contributed by atoms with Crippen molar-refractivity contribution in [1.29, 1.82) is 0 Å². The van der Waals surface area contributed by atoms with Crippen molar-refractivity contribution in [3.05, 3.63) is 45.9 Å². The number of aromatic nitrogens is 1. The van der Waals surface area contributed by atoms with Crippen molar-refractivity contribution in [2.45, 2.75) is 38.1 Å². The van der Waals surface area contributed by atoms with Crippen molar-refractivity contribution in [3.8, 4) is 5.75 Å². The van der Waals surface area contributed by atoms with Gasteiger partial charge < -0.3 is 15.4 Å². The van der Waals surface area contributed by atoms with Crippen molar-refractivity contribution in [1.82, 2.24) is 15.6 Å². The average Bonchev–Trinajstić information content (AvgIpc) is 3.20. The molecule has 6 heteroatoms. The number of benzene rings is 1. The summed E-state index contributed by atoms with van der Waals surface area (Å²) in [4.78, 5) is 16.5. The van der Waals surface area contributed by atoms with Gasteiger partial charge in [-0.25, -0.2) is 9.78 Å². The van der Waals surface area contributed by atoms with Crippen LogP contribution in [0.15, 0.2) is 29.6 Å². The van der Waals surface area contributed by atoms with E-state index < -0.39 is 0 Å². The lowest BCUT2D eigenvalue weighted by Crippen LogP contribution is -2.38. The Morgan fingerprint density at radius 2 is 2.17 bits per heavy atom. The van der Waals surface area contributed by atoms with Crippen LogP contribution in [0.4, 0.5) is 4.79 Å². The number of methoxy groups -OCH3 is 1. The highest BCUT2D eigenvalue weighted by Gasteiger charge is 2.39. The summed E-state index contributed by atoms with van der Waals surface area (Å²) in [6.07, 6.45) is 2.73. The topological polar surface area (TPSA) is 63.2 Å². The van der Waals surface area contributed by atoms with E-state index >= 15 is 0 Å². The molecular weight excluding hydrogens is 322 g/mol. The van der Waals surface area contributed by atoms with Crippen LogP contribution in [0, 0.1) is 0 Å². The molecule has 1 saturated carbocycles. The highest BCUT2D eigenvalue weighted by molar-refractivity contribution is 7.09. The van der Waals surface area contributed by atoms with E-state index in [9.17, 15) is 4.79 Å². The summed E-state index contributed by atoms with van der Waals surface area (Å²) in [5.74, 6) is 1.27. The maximum Gasteiger partial charge on any atom is 0.315 e. The van der Waals surface area contributed by atoms with Gasteiger partial charge in [0.25, 0.3) is 0 Å².